The molecule has 0 saturated heterocycles. The maximum atomic E-state index is 5.39. The number of benzene rings is 1. The molecule has 0 aliphatic rings. The third-order valence-corrected chi connectivity index (χ3v) is 3.37. The van der Waals surface area contributed by atoms with Crippen molar-refractivity contribution in [1.82, 2.24) is 14.9 Å². The van der Waals surface area contributed by atoms with E-state index in [4.69, 9.17) is 9.47 Å². The summed E-state index contributed by atoms with van der Waals surface area (Å²) >= 11 is 0. The van der Waals surface area contributed by atoms with Gasteiger partial charge in [-0.1, -0.05) is 0 Å². The predicted octanol–water partition coefficient (Wildman–Crippen LogP) is 2.52. The molecule has 1 heterocycles. The molecule has 0 fully saturated rings. The molecule has 0 aliphatic heterocycles. The van der Waals surface area contributed by atoms with Gasteiger partial charge in [0.15, 0.2) is 0 Å². The molecular formula is C17H25N5O2. The zero-order valence-corrected chi connectivity index (χ0v) is 14.9. The van der Waals surface area contributed by atoms with Crippen molar-refractivity contribution in [2.75, 3.05) is 52.0 Å². The molecule has 0 spiro atoms. The van der Waals surface area contributed by atoms with Gasteiger partial charge in [0, 0.05) is 30.9 Å². The average Bonchev–Trinajstić information content (AvgIpc) is 2.54. The van der Waals surface area contributed by atoms with Crippen LogP contribution in [0, 0.1) is 6.92 Å². The molecule has 2 rings (SSSR count). The lowest BCUT2D eigenvalue weighted by atomic mass is 10.2. The highest BCUT2D eigenvalue weighted by atomic mass is 16.5. The van der Waals surface area contributed by atoms with E-state index in [-0.39, 0.29) is 0 Å². The van der Waals surface area contributed by atoms with Crippen LogP contribution in [0.3, 0.4) is 0 Å². The second-order valence-corrected chi connectivity index (χ2v) is 5.64. The predicted molar refractivity (Wildman–Crippen MR) is 96.6 cm³/mol. The molecule has 7 heteroatoms. The fourth-order valence-corrected chi connectivity index (χ4v) is 2.14. The van der Waals surface area contributed by atoms with Gasteiger partial charge in [-0.05, 0) is 33.2 Å². The van der Waals surface area contributed by atoms with E-state index in [9.17, 15) is 0 Å². The molecule has 2 N–H and O–H groups in total. The lowest BCUT2D eigenvalue weighted by molar-refractivity contribution is 0.395. The van der Waals surface area contributed by atoms with Gasteiger partial charge in [-0.3, -0.25) is 0 Å². The number of hydrogen-bond acceptors (Lipinski definition) is 7. The number of methoxy groups -OCH3 is 2. The molecule has 2 aromatic rings. The van der Waals surface area contributed by atoms with E-state index in [2.05, 4.69) is 25.5 Å². The summed E-state index contributed by atoms with van der Waals surface area (Å²) in [4.78, 5) is 11.0. The van der Waals surface area contributed by atoms with E-state index >= 15 is 0 Å². The van der Waals surface area contributed by atoms with Gasteiger partial charge in [0.2, 0.25) is 5.95 Å². The van der Waals surface area contributed by atoms with Crippen molar-refractivity contribution < 1.29 is 9.47 Å². The Kier molecular flexibility index (Phi) is 6.20. The standard InChI is InChI=1S/C17H25N5O2/c1-12-10-16(18-8-9-22(2)3)21-17(19-12)20-14-7-6-13(23-4)11-15(14)24-5/h6-7,10-11H,8-9H2,1-5H3,(H2,18,19,20,21). The summed E-state index contributed by atoms with van der Waals surface area (Å²) < 4.78 is 10.6. The van der Waals surface area contributed by atoms with Gasteiger partial charge in [0.1, 0.15) is 17.3 Å². The van der Waals surface area contributed by atoms with Crippen molar-refractivity contribution in [3.05, 3.63) is 30.0 Å². The van der Waals surface area contributed by atoms with Crippen LogP contribution in [0.1, 0.15) is 5.69 Å². The largest absolute Gasteiger partial charge is 0.497 e. The van der Waals surface area contributed by atoms with Crippen LogP contribution in [0.2, 0.25) is 0 Å². The molecular weight excluding hydrogens is 306 g/mol. The molecule has 0 aliphatic carbocycles. The fraction of sp³-hybridized carbons (Fsp3) is 0.412. The number of anilines is 3. The van der Waals surface area contributed by atoms with Crippen LogP contribution in [0.5, 0.6) is 11.5 Å². The van der Waals surface area contributed by atoms with Gasteiger partial charge in [0.05, 0.1) is 19.9 Å². The van der Waals surface area contributed by atoms with Crippen molar-refractivity contribution in [3.8, 4) is 11.5 Å². The molecule has 0 unspecified atom stereocenters. The van der Waals surface area contributed by atoms with Gasteiger partial charge in [-0.25, -0.2) is 4.98 Å². The Morgan fingerprint density at radius 3 is 2.54 bits per heavy atom. The van der Waals surface area contributed by atoms with Crippen molar-refractivity contribution in [2.24, 2.45) is 0 Å². The van der Waals surface area contributed by atoms with Crippen LogP contribution >= 0.6 is 0 Å². The number of likely N-dealkylation sites (N-methyl/N-ethyl adjacent to an activating group) is 1. The normalized spacial score (nSPS) is 10.6. The maximum Gasteiger partial charge on any atom is 0.229 e. The van der Waals surface area contributed by atoms with E-state index in [1.807, 2.05) is 45.3 Å². The Morgan fingerprint density at radius 1 is 1.08 bits per heavy atom. The van der Waals surface area contributed by atoms with Gasteiger partial charge in [0.25, 0.3) is 0 Å². The number of nitrogens with one attached hydrogen (secondary N) is 2. The van der Waals surface area contributed by atoms with Gasteiger partial charge in [-0.2, -0.15) is 4.98 Å². The highest BCUT2D eigenvalue weighted by molar-refractivity contribution is 5.65. The number of nitrogens with zero attached hydrogens (tertiary/aromatic N) is 3. The first kappa shape index (κ1) is 17.8. The van der Waals surface area contributed by atoms with Crippen LogP contribution in [0.15, 0.2) is 24.3 Å². The third-order valence-electron chi connectivity index (χ3n) is 3.37. The highest BCUT2D eigenvalue weighted by Gasteiger charge is 2.08. The average molecular weight is 331 g/mol. The monoisotopic (exact) mass is 331 g/mol. The maximum absolute atomic E-state index is 5.39. The smallest absolute Gasteiger partial charge is 0.229 e. The minimum Gasteiger partial charge on any atom is -0.497 e. The third kappa shape index (κ3) is 4.99. The quantitative estimate of drug-likeness (QED) is 0.770. The van der Waals surface area contributed by atoms with Crippen LogP contribution in [-0.4, -0.2) is 56.3 Å². The second kappa shape index (κ2) is 8.35. The Balaban J connectivity index is 2.16. The number of hydrogen-bond donors (Lipinski definition) is 2. The minimum atomic E-state index is 0.519. The van der Waals surface area contributed by atoms with Crippen LogP contribution in [-0.2, 0) is 0 Å². The summed E-state index contributed by atoms with van der Waals surface area (Å²) in [5.74, 6) is 2.71. The molecule has 0 saturated carbocycles. The van der Waals surface area contributed by atoms with Crippen LogP contribution < -0.4 is 20.1 Å². The highest BCUT2D eigenvalue weighted by Crippen LogP contribution is 2.30. The zero-order valence-electron chi connectivity index (χ0n) is 14.9. The Hall–Kier alpha value is -2.54. The zero-order chi connectivity index (χ0) is 17.5. The van der Waals surface area contributed by atoms with Gasteiger partial charge >= 0.3 is 0 Å². The fourth-order valence-electron chi connectivity index (χ4n) is 2.14. The van der Waals surface area contributed by atoms with E-state index in [0.29, 0.717) is 11.7 Å². The van der Waals surface area contributed by atoms with Crippen molar-refractivity contribution >= 4 is 17.5 Å². The summed E-state index contributed by atoms with van der Waals surface area (Å²) in [5.41, 5.74) is 1.66. The first-order chi connectivity index (χ1) is 11.5. The Bertz CT molecular complexity index is 676. The lowest BCUT2D eigenvalue weighted by Crippen LogP contribution is -2.21. The molecule has 0 amide bonds. The van der Waals surface area contributed by atoms with Gasteiger partial charge in [-0.15, -0.1) is 0 Å². The van der Waals surface area contributed by atoms with E-state index in [1.54, 1.807) is 14.2 Å². The van der Waals surface area contributed by atoms with E-state index < -0.39 is 0 Å². The molecule has 1 aromatic heterocycles. The molecule has 0 bridgehead atoms. The summed E-state index contributed by atoms with van der Waals surface area (Å²) in [6, 6.07) is 7.47. The molecule has 1 aromatic carbocycles. The van der Waals surface area contributed by atoms with Crippen LogP contribution in [0.25, 0.3) is 0 Å². The first-order valence-corrected chi connectivity index (χ1v) is 7.75. The van der Waals surface area contributed by atoms with Gasteiger partial charge < -0.3 is 25.0 Å². The number of rotatable bonds is 8. The second-order valence-electron chi connectivity index (χ2n) is 5.64. The van der Waals surface area contributed by atoms with E-state index in [1.165, 1.54) is 0 Å². The van der Waals surface area contributed by atoms with Crippen molar-refractivity contribution in [1.29, 1.82) is 0 Å². The van der Waals surface area contributed by atoms with Crippen LogP contribution in [0.4, 0.5) is 17.5 Å². The summed E-state index contributed by atoms with van der Waals surface area (Å²) in [6.45, 7) is 3.68. The number of aromatic nitrogens is 2. The van der Waals surface area contributed by atoms with Crippen molar-refractivity contribution in [3.63, 3.8) is 0 Å². The SMILES string of the molecule is COc1ccc(Nc2nc(C)cc(NCCN(C)C)n2)c(OC)c1. The Morgan fingerprint density at radius 2 is 1.88 bits per heavy atom. The summed E-state index contributed by atoms with van der Waals surface area (Å²) in [6.07, 6.45) is 0. The number of aryl methyl sites for hydroxylation is 1. The molecule has 0 atom stereocenters. The molecule has 130 valence electrons. The van der Waals surface area contributed by atoms with Crippen molar-refractivity contribution in [2.45, 2.75) is 6.92 Å². The lowest BCUT2D eigenvalue weighted by Gasteiger charge is -2.14. The summed E-state index contributed by atoms with van der Waals surface area (Å²) in [5, 5.41) is 6.51. The first-order valence-electron chi connectivity index (χ1n) is 7.75. The molecule has 24 heavy (non-hydrogen) atoms. The number of ether oxygens (including phenoxy) is 2. The minimum absolute atomic E-state index is 0.519. The molecule has 0 radical (unpaired) electrons. The van der Waals surface area contributed by atoms with E-state index in [0.717, 1.165) is 36.0 Å². The Labute approximate surface area is 143 Å². The molecule has 7 nitrogen and oxygen atoms in total. The topological polar surface area (TPSA) is 71.5 Å². The summed E-state index contributed by atoms with van der Waals surface area (Å²) in [7, 11) is 7.31.